The summed E-state index contributed by atoms with van der Waals surface area (Å²) in [5.74, 6) is 0. The fourth-order valence-electron chi connectivity index (χ4n) is 2.68. The zero-order valence-corrected chi connectivity index (χ0v) is 13.6. The van der Waals surface area contributed by atoms with Gasteiger partial charge in [0.25, 0.3) is 6.01 Å². The minimum Gasteiger partial charge on any atom is -0.423 e. The zero-order valence-electron chi connectivity index (χ0n) is 13.6. The minimum absolute atomic E-state index is 0.134. The predicted octanol–water partition coefficient (Wildman–Crippen LogP) is 3.91. The monoisotopic (exact) mass is 310 g/mol. The van der Waals surface area contributed by atoms with Crippen LogP contribution in [0.3, 0.4) is 0 Å². The third kappa shape index (κ3) is 3.54. The fourth-order valence-corrected chi connectivity index (χ4v) is 2.68. The smallest absolute Gasteiger partial charge is 0.298 e. The number of aliphatic hydroxyl groups excluding tert-OH is 1. The molecular weight excluding hydrogens is 288 g/mol. The van der Waals surface area contributed by atoms with Gasteiger partial charge in [0.05, 0.1) is 0 Å². The molecule has 120 valence electrons. The summed E-state index contributed by atoms with van der Waals surface area (Å²) in [7, 11) is 0. The van der Waals surface area contributed by atoms with Gasteiger partial charge in [-0.3, -0.25) is 0 Å². The SMILES string of the molecule is Cc1ccc2oc(N(Cc3ccccc3)[C@H](C)CCO)nc2c1. The molecule has 0 bridgehead atoms. The van der Waals surface area contributed by atoms with Crippen molar-refractivity contribution in [3.05, 3.63) is 59.7 Å². The van der Waals surface area contributed by atoms with E-state index in [-0.39, 0.29) is 12.6 Å². The maximum Gasteiger partial charge on any atom is 0.298 e. The minimum atomic E-state index is 0.134. The zero-order chi connectivity index (χ0) is 16.2. The van der Waals surface area contributed by atoms with E-state index in [0.717, 1.165) is 16.7 Å². The van der Waals surface area contributed by atoms with Gasteiger partial charge in [0.1, 0.15) is 5.52 Å². The van der Waals surface area contributed by atoms with E-state index in [0.29, 0.717) is 19.0 Å². The van der Waals surface area contributed by atoms with E-state index in [1.807, 2.05) is 43.3 Å². The van der Waals surface area contributed by atoms with Crippen LogP contribution in [0.25, 0.3) is 11.1 Å². The molecule has 0 fully saturated rings. The highest BCUT2D eigenvalue weighted by atomic mass is 16.4. The van der Waals surface area contributed by atoms with Gasteiger partial charge in [-0.2, -0.15) is 4.98 Å². The number of nitrogens with zero attached hydrogens (tertiary/aromatic N) is 2. The molecule has 0 saturated heterocycles. The third-order valence-electron chi connectivity index (χ3n) is 4.05. The Morgan fingerprint density at radius 1 is 1.17 bits per heavy atom. The topological polar surface area (TPSA) is 49.5 Å². The van der Waals surface area contributed by atoms with Gasteiger partial charge in [0.15, 0.2) is 5.58 Å². The molecule has 1 heterocycles. The molecule has 3 rings (SSSR count). The first-order valence-electron chi connectivity index (χ1n) is 7.96. The van der Waals surface area contributed by atoms with Crippen molar-refractivity contribution in [3.8, 4) is 0 Å². The van der Waals surface area contributed by atoms with Gasteiger partial charge in [-0.05, 0) is 43.5 Å². The summed E-state index contributed by atoms with van der Waals surface area (Å²) >= 11 is 0. The summed E-state index contributed by atoms with van der Waals surface area (Å²) in [6.45, 7) is 4.97. The standard InChI is InChI=1S/C19H22N2O2/c1-14-8-9-18-17(12-14)20-19(23-18)21(15(2)10-11-22)13-16-6-4-3-5-7-16/h3-9,12,15,22H,10-11,13H2,1-2H3/t15-/m1/s1. The Bertz CT molecular complexity index is 767. The summed E-state index contributed by atoms with van der Waals surface area (Å²) in [5, 5.41) is 9.30. The number of fused-ring (bicyclic) bond motifs is 1. The maximum absolute atomic E-state index is 9.30. The van der Waals surface area contributed by atoms with Gasteiger partial charge in [0.2, 0.25) is 0 Å². The predicted molar refractivity (Wildman–Crippen MR) is 92.5 cm³/mol. The highest BCUT2D eigenvalue weighted by molar-refractivity contribution is 5.75. The molecule has 3 aromatic rings. The van der Waals surface area contributed by atoms with E-state index in [1.54, 1.807) is 0 Å². The largest absolute Gasteiger partial charge is 0.423 e. The number of oxazole rings is 1. The summed E-state index contributed by atoms with van der Waals surface area (Å²) in [6, 6.07) is 17.0. The van der Waals surface area contributed by atoms with Crippen LogP contribution in [-0.2, 0) is 6.54 Å². The van der Waals surface area contributed by atoms with Crippen molar-refractivity contribution in [1.29, 1.82) is 0 Å². The molecule has 0 amide bonds. The highest BCUT2D eigenvalue weighted by Gasteiger charge is 2.20. The molecule has 0 spiro atoms. The quantitative estimate of drug-likeness (QED) is 0.750. The van der Waals surface area contributed by atoms with Gasteiger partial charge in [-0.1, -0.05) is 36.4 Å². The van der Waals surface area contributed by atoms with Gasteiger partial charge in [-0.25, -0.2) is 0 Å². The van der Waals surface area contributed by atoms with Crippen LogP contribution < -0.4 is 4.90 Å². The maximum atomic E-state index is 9.30. The van der Waals surface area contributed by atoms with E-state index >= 15 is 0 Å². The van der Waals surface area contributed by atoms with Crippen molar-refractivity contribution < 1.29 is 9.52 Å². The van der Waals surface area contributed by atoms with Crippen LogP contribution in [0.5, 0.6) is 0 Å². The van der Waals surface area contributed by atoms with Crippen LogP contribution in [0.1, 0.15) is 24.5 Å². The van der Waals surface area contributed by atoms with Crippen molar-refractivity contribution in [2.75, 3.05) is 11.5 Å². The van der Waals surface area contributed by atoms with Crippen LogP contribution in [0.4, 0.5) is 6.01 Å². The Balaban J connectivity index is 1.95. The Labute approximate surface area is 136 Å². The summed E-state index contributed by atoms with van der Waals surface area (Å²) in [6.07, 6.45) is 0.671. The van der Waals surface area contributed by atoms with Crippen molar-refractivity contribution in [1.82, 2.24) is 4.98 Å². The Kier molecular flexibility index (Phi) is 4.63. The summed E-state index contributed by atoms with van der Waals surface area (Å²) in [5.41, 5.74) is 4.01. The van der Waals surface area contributed by atoms with Crippen LogP contribution in [0.15, 0.2) is 52.9 Å². The van der Waals surface area contributed by atoms with Crippen molar-refractivity contribution in [2.45, 2.75) is 32.9 Å². The van der Waals surface area contributed by atoms with Crippen molar-refractivity contribution in [3.63, 3.8) is 0 Å². The van der Waals surface area contributed by atoms with Crippen LogP contribution in [0.2, 0.25) is 0 Å². The molecule has 1 aromatic heterocycles. The van der Waals surface area contributed by atoms with Gasteiger partial charge >= 0.3 is 0 Å². The molecule has 0 saturated carbocycles. The molecule has 0 radical (unpaired) electrons. The van der Waals surface area contributed by atoms with Crippen LogP contribution in [0, 0.1) is 6.92 Å². The average molecular weight is 310 g/mol. The Morgan fingerprint density at radius 2 is 1.96 bits per heavy atom. The lowest BCUT2D eigenvalue weighted by molar-refractivity contribution is 0.274. The lowest BCUT2D eigenvalue weighted by Crippen LogP contribution is -2.33. The molecule has 23 heavy (non-hydrogen) atoms. The lowest BCUT2D eigenvalue weighted by Gasteiger charge is -2.27. The number of aromatic nitrogens is 1. The van der Waals surface area contributed by atoms with E-state index in [1.165, 1.54) is 5.56 Å². The number of hydrogen-bond acceptors (Lipinski definition) is 4. The Hall–Kier alpha value is -2.33. The van der Waals surface area contributed by atoms with E-state index in [2.05, 4.69) is 28.9 Å². The summed E-state index contributed by atoms with van der Waals surface area (Å²) in [4.78, 5) is 6.76. The number of aryl methyl sites for hydroxylation is 1. The third-order valence-corrected chi connectivity index (χ3v) is 4.05. The van der Waals surface area contributed by atoms with Crippen molar-refractivity contribution >= 4 is 17.1 Å². The normalized spacial score (nSPS) is 12.5. The molecule has 2 aromatic carbocycles. The molecule has 0 aliphatic carbocycles. The first-order valence-corrected chi connectivity index (χ1v) is 7.96. The second-order valence-corrected chi connectivity index (χ2v) is 5.94. The van der Waals surface area contributed by atoms with E-state index < -0.39 is 0 Å². The molecule has 0 unspecified atom stereocenters. The van der Waals surface area contributed by atoms with E-state index in [4.69, 9.17) is 4.42 Å². The molecule has 0 aliphatic heterocycles. The van der Waals surface area contributed by atoms with Crippen molar-refractivity contribution in [2.24, 2.45) is 0 Å². The molecule has 4 heteroatoms. The number of hydrogen-bond donors (Lipinski definition) is 1. The molecule has 4 nitrogen and oxygen atoms in total. The first-order chi connectivity index (χ1) is 11.2. The second-order valence-electron chi connectivity index (χ2n) is 5.94. The molecule has 0 aliphatic rings. The summed E-state index contributed by atoms with van der Waals surface area (Å²) < 4.78 is 5.96. The average Bonchev–Trinajstić information content (AvgIpc) is 2.96. The highest BCUT2D eigenvalue weighted by Crippen LogP contribution is 2.26. The number of aliphatic hydroxyl groups is 1. The fraction of sp³-hybridized carbons (Fsp3) is 0.316. The number of benzene rings is 2. The van der Waals surface area contributed by atoms with Gasteiger partial charge < -0.3 is 14.4 Å². The molecular formula is C19H22N2O2. The van der Waals surface area contributed by atoms with Gasteiger partial charge in [-0.15, -0.1) is 0 Å². The first kappa shape index (κ1) is 15.6. The second kappa shape index (κ2) is 6.84. The number of anilines is 1. The van der Waals surface area contributed by atoms with E-state index in [9.17, 15) is 5.11 Å². The molecule has 1 N–H and O–H groups in total. The number of rotatable bonds is 6. The van der Waals surface area contributed by atoms with Crippen LogP contribution >= 0.6 is 0 Å². The lowest BCUT2D eigenvalue weighted by atomic mass is 10.1. The molecule has 1 atom stereocenters. The van der Waals surface area contributed by atoms with Crippen LogP contribution in [-0.4, -0.2) is 22.7 Å². The van der Waals surface area contributed by atoms with Gasteiger partial charge in [0, 0.05) is 19.2 Å². The Morgan fingerprint density at radius 3 is 2.70 bits per heavy atom.